The maximum Gasteiger partial charge on any atom is 0.271 e. The van der Waals surface area contributed by atoms with Crippen molar-refractivity contribution in [3.8, 4) is 0 Å². The first-order chi connectivity index (χ1) is 12.3. The number of nitrogen functional groups attached to an aromatic ring is 1. The summed E-state index contributed by atoms with van der Waals surface area (Å²) in [5.41, 5.74) is 7.58. The van der Waals surface area contributed by atoms with Gasteiger partial charge in [-0.15, -0.1) is 0 Å². The Bertz CT molecular complexity index is 838. The third-order valence-corrected chi connectivity index (χ3v) is 4.59. The molecule has 0 saturated carbocycles. The van der Waals surface area contributed by atoms with Gasteiger partial charge in [0.05, 0.1) is 16.3 Å². The van der Waals surface area contributed by atoms with Crippen LogP contribution in [-0.2, 0) is 0 Å². The molecular formula is C16H20ClN7O2. The number of nitrogens with zero attached hydrogens (tertiary/aromatic N) is 5. The second-order valence-corrected chi connectivity index (χ2v) is 6.56. The molecule has 9 nitrogen and oxygen atoms in total. The molecule has 0 spiro atoms. The zero-order valence-electron chi connectivity index (χ0n) is 14.6. The molecule has 0 radical (unpaired) electrons. The minimum atomic E-state index is -0.430. The number of aryl methyl sites for hydroxylation is 1. The normalized spacial score (nSPS) is 15.1. The van der Waals surface area contributed by atoms with Crippen molar-refractivity contribution in [3.63, 3.8) is 0 Å². The lowest BCUT2D eigenvalue weighted by atomic mass is 10.2. The number of hydrogen-bond donors (Lipinski definition) is 2. The number of nitrogens with one attached hydrogen (secondary N) is 1. The van der Waals surface area contributed by atoms with Crippen LogP contribution in [0.25, 0.3) is 0 Å². The van der Waals surface area contributed by atoms with Gasteiger partial charge >= 0.3 is 0 Å². The van der Waals surface area contributed by atoms with Crippen molar-refractivity contribution in [1.82, 2.24) is 14.9 Å². The molecule has 1 aromatic heterocycles. The molecule has 26 heavy (non-hydrogen) atoms. The van der Waals surface area contributed by atoms with E-state index in [1.807, 2.05) is 0 Å². The molecule has 1 fully saturated rings. The van der Waals surface area contributed by atoms with Gasteiger partial charge in [-0.3, -0.25) is 10.1 Å². The first kappa shape index (κ1) is 18.2. The third-order valence-electron chi connectivity index (χ3n) is 4.30. The first-order valence-electron chi connectivity index (χ1n) is 8.13. The van der Waals surface area contributed by atoms with Crippen molar-refractivity contribution in [1.29, 1.82) is 0 Å². The summed E-state index contributed by atoms with van der Waals surface area (Å²) in [7, 11) is 2.07. The van der Waals surface area contributed by atoms with E-state index >= 15 is 0 Å². The van der Waals surface area contributed by atoms with Gasteiger partial charge in [0.1, 0.15) is 11.5 Å². The summed E-state index contributed by atoms with van der Waals surface area (Å²) in [5.74, 6) is 0.789. The number of anilines is 4. The van der Waals surface area contributed by atoms with Crippen LogP contribution in [-0.4, -0.2) is 53.0 Å². The summed E-state index contributed by atoms with van der Waals surface area (Å²) >= 11 is 6.03. The van der Waals surface area contributed by atoms with Gasteiger partial charge in [-0.1, -0.05) is 11.6 Å². The van der Waals surface area contributed by atoms with Gasteiger partial charge in [-0.05, 0) is 20.0 Å². The molecule has 0 atom stereocenters. The van der Waals surface area contributed by atoms with Crippen LogP contribution in [0.15, 0.2) is 18.2 Å². The Kier molecular flexibility index (Phi) is 5.10. The number of aromatic nitrogens is 2. The van der Waals surface area contributed by atoms with E-state index in [-0.39, 0.29) is 16.5 Å². The van der Waals surface area contributed by atoms with Crippen molar-refractivity contribution in [2.75, 3.05) is 49.2 Å². The van der Waals surface area contributed by atoms with Crippen molar-refractivity contribution in [3.05, 3.63) is 39.3 Å². The van der Waals surface area contributed by atoms with E-state index in [9.17, 15) is 10.1 Å². The molecule has 1 aromatic carbocycles. The van der Waals surface area contributed by atoms with E-state index < -0.39 is 4.92 Å². The standard InChI is InChI=1S/C16H20ClN7O2/c1-10-19-15(17)14(18)16(20-10)21-12-9-11(24(25)26)3-4-13(12)23-7-5-22(2)6-8-23/h3-4,9H,5-8,18H2,1-2H3,(H,19,20,21). The number of nitrogens with two attached hydrogens (primary N) is 1. The molecule has 3 rings (SSSR count). The Labute approximate surface area is 155 Å². The monoisotopic (exact) mass is 377 g/mol. The van der Waals surface area contributed by atoms with E-state index in [0.717, 1.165) is 31.9 Å². The number of nitro benzene ring substituents is 1. The van der Waals surface area contributed by atoms with Crippen LogP contribution >= 0.6 is 11.6 Å². The largest absolute Gasteiger partial charge is 0.393 e. The molecule has 3 N–H and O–H groups in total. The van der Waals surface area contributed by atoms with Gasteiger partial charge in [-0.2, -0.15) is 0 Å². The van der Waals surface area contributed by atoms with Gasteiger partial charge in [0.25, 0.3) is 5.69 Å². The molecule has 2 heterocycles. The summed E-state index contributed by atoms with van der Waals surface area (Å²) < 4.78 is 0. The topological polar surface area (TPSA) is 113 Å². The average molecular weight is 378 g/mol. The summed E-state index contributed by atoms with van der Waals surface area (Å²) in [5, 5.41) is 14.4. The van der Waals surface area contributed by atoms with Crippen molar-refractivity contribution < 1.29 is 4.92 Å². The minimum Gasteiger partial charge on any atom is -0.393 e. The van der Waals surface area contributed by atoms with E-state index in [1.165, 1.54) is 12.1 Å². The Morgan fingerprint density at radius 1 is 1.27 bits per heavy atom. The zero-order chi connectivity index (χ0) is 18.8. The molecule has 1 aliphatic heterocycles. The predicted octanol–water partition coefficient (Wildman–Crippen LogP) is 2.42. The maximum absolute atomic E-state index is 11.2. The number of likely N-dealkylation sites (N-methyl/N-ethyl adjacent to an activating group) is 1. The van der Waals surface area contributed by atoms with Crippen LogP contribution in [0.5, 0.6) is 0 Å². The number of halogens is 1. The minimum absolute atomic E-state index is 0.0131. The highest BCUT2D eigenvalue weighted by Crippen LogP contribution is 2.35. The maximum atomic E-state index is 11.2. The molecule has 2 aromatic rings. The van der Waals surface area contributed by atoms with E-state index in [4.69, 9.17) is 17.3 Å². The van der Waals surface area contributed by atoms with Crippen LogP contribution in [0.2, 0.25) is 5.15 Å². The highest BCUT2D eigenvalue weighted by molar-refractivity contribution is 6.32. The second kappa shape index (κ2) is 7.30. The van der Waals surface area contributed by atoms with Gasteiger partial charge in [0.15, 0.2) is 11.0 Å². The Balaban J connectivity index is 2.00. The summed E-state index contributed by atoms with van der Waals surface area (Å²) in [4.78, 5) is 23.5. The Hall–Kier alpha value is -2.65. The number of nitro groups is 1. The molecule has 0 amide bonds. The number of rotatable bonds is 4. The number of benzene rings is 1. The van der Waals surface area contributed by atoms with Crippen molar-refractivity contribution in [2.45, 2.75) is 6.92 Å². The fraction of sp³-hybridized carbons (Fsp3) is 0.375. The van der Waals surface area contributed by atoms with Crippen molar-refractivity contribution in [2.24, 2.45) is 0 Å². The van der Waals surface area contributed by atoms with Crippen LogP contribution in [0.1, 0.15) is 5.82 Å². The van der Waals surface area contributed by atoms with Crippen LogP contribution in [0, 0.1) is 17.0 Å². The summed E-state index contributed by atoms with van der Waals surface area (Å²) in [6.45, 7) is 5.17. The number of non-ortho nitro benzene ring substituents is 1. The van der Waals surface area contributed by atoms with Crippen LogP contribution in [0.3, 0.4) is 0 Å². The molecular weight excluding hydrogens is 358 g/mol. The van der Waals surface area contributed by atoms with Gasteiger partial charge in [0.2, 0.25) is 0 Å². The van der Waals surface area contributed by atoms with Crippen LogP contribution < -0.4 is 16.0 Å². The molecule has 138 valence electrons. The summed E-state index contributed by atoms with van der Waals surface area (Å²) in [6, 6.07) is 4.73. The Morgan fingerprint density at radius 2 is 1.96 bits per heavy atom. The van der Waals surface area contributed by atoms with E-state index in [0.29, 0.717) is 17.3 Å². The highest BCUT2D eigenvalue weighted by atomic mass is 35.5. The SMILES string of the molecule is Cc1nc(Cl)c(N)c(Nc2cc([N+](=O)[O-])ccc2N2CCN(C)CC2)n1. The lowest BCUT2D eigenvalue weighted by molar-refractivity contribution is -0.384. The smallest absolute Gasteiger partial charge is 0.271 e. The van der Waals surface area contributed by atoms with E-state index in [2.05, 4.69) is 32.1 Å². The zero-order valence-corrected chi connectivity index (χ0v) is 15.3. The predicted molar refractivity (Wildman–Crippen MR) is 102 cm³/mol. The molecule has 1 aliphatic rings. The lowest BCUT2D eigenvalue weighted by Crippen LogP contribution is -2.44. The van der Waals surface area contributed by atoms with Gasteiger partial charge in [0, 0.05) is 38.3 Å². The molecule has 0 unspecified atom stereocenters. The first-order valence-corrected chi connectivity index (χ1v) is 8.51. The average Bonchev–Trinajstić information content (AvgIpc) is 2.60. The van der Waals surface area contributed by atoms with Gasteiger partial charge < -0.3 is 20.9 Å². The molecule has 0 aliphatic carbocycles. The lowest BCUT2D eigenvalue weighted by Gasteiger charge is -2.35. The van der Waals surface area contributed by atoms with Gasteiger partial charge in [-0.25, -0.2) is 9.97 Å². The fourth-order valence-corrected chi connectivity index (χ4v) is 3.04. The van der Waals surface area contributed by atoms with E-state index in [1.54, 1.807) is 13.0 Å². The number of piperazine rings is 1. The van der Waals surface area contributed by atoms with Crippen LogP contribution in [0.4, 0.5) is 28.6 Å². The third kappa shape index (κ3) is 3.78. The van der Waals surface area contributed by atoms with Crippen molar-refractivity contribution >= 4 is 40.2 Å². The highest BCUT2D eigenvalue weighted by Gasteiger charge is 2.21. The Morgan fingerprint density at radius 3 is 2.62 bits per heavy atom. The molecule has 1 saturated heterocycles. The second-order valence-electron chi connectivity index (χ2n) is 6.20. The fourth-order valence-electron chi connectivity index (χ4n) is 2.83. The summed E-state index contributed by atoms with van der Waals surface area (Å²) in [6.07, 6.45) is 0. The molecule has 0 bridgehead atoms. The quantitative estimate of drug-likeness (QED) is 0.474. The number of hydrogen-bond acceptors (Lipinski definition) is 8. The molecule has 10 heteroatoms.